The highest BCUT2D eigenvalue weighted by Crippen LogP contribution is 2.28. The van der Waals surface area contributed by atoms with Gasteiger partial charge in [0.15, 0.2) is 0 Å². The lowest BCUT2D eigenvalue weighted by Gasteiger charge is -2.35. The van der Waals surface area contributed by atoms with Crippen molar-refractivity contribution >= 4 is 5.69 Å². The Kier molecular flexibility index (Phi) is 5.25. The van der Waals surface area contributed by atoms with Gasteiger partial charge in [-0.15, -0.1) is 10.2 Å². The van der Waals surface area contributed by atoms with Gasteiger partial charge < -0.3 is 14.8 Å². The fourth-order valence-electron chi connectivity index (χ4n) is 4.50. The molecule has 0 radical (unpaired) electrons. The summed E-state index contributed by atoms with van der Waals surface area (Å²) in [6.07, 6.45) is 9.18. The molecule has 26 heavy (non-hydrogen) atoms. The molecule has 4 rings (SSSR count). The second-order valence-corrected chi connectivity index (χ2v) is 7.84. The van der Waals surface area contributed by atoms with E-state index >= 15 is 0 Å². The van der Waals surface area contributed by atoms with Gasteiger partial charge in [-0.2, -0.15) is 0 Å². The maximum absolute atomic E-state index is 4.34. The van der Waals surface area contributed by atoms with Crippen LogP contribution in [0.4, 0.5) is 5.69 Å². The van der Waals surface area contributed by atoms with Gasteiger partial charge >= 0.3 is 0 Å². The van der Waals surface area contributed by atoms with Crippen molar-refractivity contribution in [2.75, 3.05) is 18.0 Å². The van der Waals surface area contributed by atoms with E-state index in [1.54, 1.807) is 11.1 Å². The fraction of sp³-hybridized carbons (Fsp3) is 0.619. The molecule has 1 fully saturated rings. The van der Waals surface area contributed by atoms with Crippen LogP contribution in [-0.4, -0.2) is 33.9 Å². The Morgan fingerprint density at radius 1 is 1.19 bits per heavy atom. The molecule has 1 aliphatic heterocycles. The molecule has 0 saturated carbocycles. The molecule has 1 N–H and O–H groups in total. The van der Waals surface area contributed by atoms with E-state index in [1.807, 2.05) is 6.33 Å². The Balaban J connectivity index is 1.33. The zero-order chi connectivity index (χ0) is 17.9. The monoisotopic (exact) mass is 353 g/mol. The Bertz CT molecular complexity index is 730. The predicted molar refractivity (Wildman–Crippen MR) is 106 cm³/mol. The smallest absolute Gasteiger partial charge is 0.149 e. The van der Waals surface area contributed by atoms with E-state index in [-0.39, 0.29) is 6.04 Å². The van der Waals surface area contributed by atoms with E-state index in [1.165, 1.54) is 37.8 Å². The maximum atomic E-state index is 4.34. The maximum Gasteiger partial charge on any atom is 0.149 e. The quantitative estimate of drug-likeness (QED) is 0.863. The first-order chi connectivity index (χ1) is 12.7. The molecule has 2 aliphatic rings. The average Bonchev–Trinajstić information content (AvgIpc) is 3.31. The first-order valence-electron chi connectivity index (χ1n) is 10.2. The minimum Gasteiger partial charge on any atom is -0.371 e. The standard InChI is InChI=1S/C21H31N5/c1-3-11-26-15-22-24-21(26)16(2)23-19-9-12-25(13-10-19)20-8-7-17-5-4-6-18(17)14-20/h7-8,14-16,19,23H,3-6,9-13H2,1-2H3. The van der Waals surface area contributed by atoms with Crippen molar-refractivity contribution in [3.05, 3.63) is 41.5 Å². The Morgan fingerprint density at radius 2 is 2.00 bits per heavy atom. The third-order valence-electron chi connectivity index (χ3n) is 5.93. The van der Waals surface area contributed by atoms with Gasteiger partial charge in [0.1, 0.15) is 12.2 Å². The van der Waals surface area contributed by atoms with Crippen molar-refractivity contribution in [2.45, 2.75) is 71.0 Å². The van der Waals surface area contributed by atoms with E-state index in [4.69, 9.17) is 0 Å². The highest BCUT2D eigenvalue weighted by atomic mass is 15.3. The van der Waals surface area contributed by atoms with Crippen LogP contribution in [-0.2, 0) is 19.4 Å². The van der Waals surface area contributed by atoms with Gasteiger partial charge in [-0.05, 0) is 68.7 Å². The summed E-state index contributed by atoms with van der Waals surface area (Å²) < 4.78 is 2.18. The molecule has 0 spiro atoms. The number of rotatable bonds is 6. The molecule has 0 bridgehead atoms. The summed E-state index contributed by atoms with van der Waals surface area (Å²) in [5, 5.41) is 12.2. The SMILES string of the molecule is CCCn1cnnc1C(C)NC1CCN(c2ccc3c(c2)CCC3)CC1. The van der Waals surface area contributed by atoms with Crippen molar-refractivity contribution in [3.8, 4) is 0 Å². The number of piperidine rings is 1. The van der Waals surface area contributed by atoms with Crippen LogP contribution >= 0.6 is 0 Å². The first-order valence-corrected chi connectivity index (χ1v) is 10.2. The topological polar surface area (TPSA) is 46.0 Å². The van der Waals surface area contributed by atoms with Gasteiger partial charge in [0, 0.05) is 31.4 Å². The van der Waals surface area contributed by atoms with Gasteiger partial charge in [0.05, 0.1) is 6.04 Å². The molecular formula is C21H31N5. The van der Waals surface area contributed by atoms with Crippen molar-refractivity contribution in [2.24, 2.45) is 0 Å². The van der Waals surface area contributed by atoms with E-state index in [0.29, 0.717) is 6.04 Å². The molecule has 5 nitrogen and oxygen atoms in total. The van der Waals surface area contributed by atoms with Gasteiger partial charge in [0.25, 0.3) is 0 Å². The summed E-state index contributed by atoms with van der Waals surface area (Å²) in [7, 11) is 0. The summed E-state index contributed by atoms with van der Waals surface area (Å²) in [4.78, 5) is 2.56. The Morgan fingerprint density at radius 3 is 2.81 bits per heavy atom. The molecule has 1 aromatic heterocycles. The zero-order valence-electron chi connectivity index (χ0n) is 16.1. The number of anilines is 1. The minimum absolute atomic E-state index is 0.251. The van der Waals surface area contributed by atoms with Crippen LogP contribution in [0, 0.1) is 0 Å². The van der Waals surface area contributed by atoms with Crippen LogP contribution < -0.4 is 10.2 Å². The lowest BCUT2D eigenvalue weighted by Crippen LogP contribution is -2.43. The second kappa shape index (κ2) is 7.78. The van der Waals surface area contributed by atoms with E-state index in [9.17, 15) is 0 Å². The van der Waals surface area contributed by atoms with Crippen molar-refractivity contribution in [1.29, 1.82) is 0 Å². The molecule has 0 amide bonds. The number of fused-ring (bicyclic) bond motifs is 1. The number of aromatic nitrogens is 3. The average molecular weight is 354 g/mol. The van der Waals surface area contributed by atoms with E-state index in [2.05, 4.69) is 57.0 Å². The van der Waals surface area contributed by atoms with Crippen molar-refractivity contribution in [1.82, 2.24) is 20.1 Å². The van der Waals surface area contributed by atoms with Crippen molar-refractivity contribution < 1.29 is 0 Å². The van der Waals surface area contributed by atoms with Crippen molar-refractivity contribution in [3.63, 3.8) is 0 Å². The van der Waals surface area contributed by atoms with Crippen LogP contribution in [0.2, 0.25) is 0 Å². The number of nitrogens with one attached hydrogen (secondary N) is 1. The third-order valence-corrected chi connectivity index (χ3v) is 5.93. The van der Waals surface area contributed by atoms with E-state index in [0.717, 1.165) is 31.9 Å². The molecule has 1 atom stereocenters. The molecular weight excluding hydrogens is 322 g/mol. The Labute approximate surface area is 156 Å². The first kappa shape index (κ1) is 17.5. The fourth-order valence-corrected chi connectivity index (χ4v) is 4.50. The number of benzene rings is 1. The van der Waals surface area contributed by atoms with Gasteiger partial charge in [-0.1, -0.05) is 13.0 Å². The highest BCUT2D eigenvalue weighted by Gasteiger charge is 2.23. The normalized spacial score (nSPS) is 18.9. The van der Waals surface area contributed by atoms with Crippen LogP contribution in [0.1, 0.15) is 62.5 Å². The molecule has 140 valence electrons. The summed E-state index contributed by atoms with van der Waals surface area (Å²) >= 11 is 0. The number of nitrogens with zero attached hydrogens (tertiary/aromatic N) is 4. The predicted octanol–water partition coefficient (Wildman–Crippen LogP) is 3.50. The Hall–Kier alpha value is -1.88. The zero-order valence-corrected chi connectivity index (χ0v) is 16.1. The van der Waals surface area contributed by atoms with Gasteiger partial charge in [-0.3, -0.25) is 0 Å². The van der Waals surface area contributed by atoms with E-state index < -0.39 is 0 Å². The number of hydrogen-bond acceptors (Lipinski definition) is 4. The van der Waals surface area contributed by atoms with Crippen LogP contribution in [0.25, 0.3) is 0 Å². The summed E-state index contributed by atoms with van der Waals surface area (Å²) in [6.45, 7) is 7.65. The highest BCUT2D eigenvalue weighted by molar-refractivity contribution is 5.52. The molecule has 2 aromatic rings. The molecule has 5 heteroatoms. The summed E-state index contributed by atoms with van der Waals surface area (Å²) in [6, 6.07) is 7.92. The third kappa shape index (κ3) is 3.63. The van der Waals surface area contributed by atoms with Crippen LogP contribution in [0.3, 0.4) is 0 Å². The van der Waals surface area contributed by atoms with Crippen LogP contribution in [0.5, 0.6) is 0 Å². The second-order valence-electron chi connectivity index (χ2n) is 7.84. The molecule has 1 aromatic carbocycles. The summed E-state index contributed by atoms with van der Waals surface area (Å²) in [5.41, 5.74) is 4.56. The molecule has 1 unspecified atom stereocenters. The van der Waals surface area contributed by atoms with Crippen LogP contribution in [0.15, 0.2) is 24.5 Å². The largest absolute Gasteiger partial charge is 0.371 e. The van der Waals surface area contributed by atoms with Gasteiger partial charge in [0.2, 0.25) is 0 Å². The number of aryl methyl sites for hydroxylation is 3. The number of hydrogen-bond donors (Lipinski definition) is 1. The molecule has 1 aliphatic carbocycles. The molecule has 1 saturated heterocycles. The molecule has 2 heterocycles. The lowest BCUT2D eigenvalue weighted by atomic mass is 10.0. The summed E-state index contributed by atoms with van der Waals surface area (Å²) in [5.74, 6) is 1.06. The minimum atomic E-state index is 0.251. The lowest BCUT2D eigenvalue weighted by molar-refractivity contribution is 0.367. The van der Waals surface area contributed by atoms with Gasteiger partial charge in [-0.25, -0.2) is 0 Å².